The van der Waals surface area contributed by atoms with Gasteiger partial charge in [-0.25, -0.2) is 4.79 Å². The quantitative estimate of drug-likeness (QED) is 0.789. The van der Waals surface area contributed by atoms with Crippen LogP contribution in [0.5, 0.6) is 0 Å². The summed E-state index contributed by atoms with van der Waals surface area (Å²) < 4.78 is 5.50. The summed E-state index contributed by atoms with van der Waals surface area (Å²) in [6.07, 6.45) is -0.371. The molecule has 2 fully saturated rings. The van der Waals surface area contributed by atoms with Crippen LogP contribution in [0.3, 0.4) is 0 Å². The van der Waals surface area contributed by atoms with Crippen LogP contribution >= 0.6 is 12.4 Å². The summed E-state index contributed by atoms with van der Waals surface area (Å²) >= 11 is 0. The molecular weight excluding hydrogens is 308 g/mol. The number of ether oxygens (including phenoxy) is 1. The van der Waals surface area contributed by atoms with Crippen LogP contribution in [0.1, 0.15) is 13.8 Å². The summed E-state index contributed by atoms with van der Waals surface area (Å²) in [4.78, 5) is 30.0. The highest BCUT2D eigenvalue weighted by molar-refractivity contribution is 5.85. The van der Waals surface area contributed by atoms with Gasteiger partial charge in [0.05, 0.1) is 6.61 Å². The van der Waals surface area contributed by atoms with E-state index in [1.807, 2.05) is 28.5 Å². The van der Waals surface area contributed by atoms with Crippen LogP contribution in [-0.4, -0.2) is 91.7 Å². The van der Waals surface area contributed by atoms with Crippen molar-refractivity contribution in [3.8, 4) is 0 Å². The fourth-order valence-electron chi connectivity index (χ4n) is 2.74. The third-order valence-electron chi connectivity index (χ3n) is 4.10. The highest BCUT2D eigenvalue weighted by Gasteiger charge is 2.31. The van der Waals surface area contributed by atoms with Gasteiger partial charge in [-0.3, -0.25) is 4.79 Å². The standard InChI is InChI=1S/C14H26N4O3.ClH/c1-3-16(4-2)14(20)18-8-6-17(7-9-18)13(19)12-11-15-5-10-21-12;/h12,15H,3-11H2,1-2H3;1H. The van der Waals surface area contributed by atoms with E-state index in [2.05, 4.69) is 5.32 Å². The molecule has 0 aliphatic carbocycles. The van der Waals surface area contributed by atoms with Crippen LogP contribution in [0.15, 0.2) is 0 Å². The lowest BCUT2D eigenvalue weighted by Gasteiger charge is -2.38. The number of rotatable bonds is 3. The number of halogens is 1. The lowest BCUT2D eigenvalue weighted by molar-refractivity contribution is -0.146. The minimum absolute atomic E-state index is 0. The SMILES string of the molecule is CCN(CC)C(=O)N1CCN(C(=O)C2CNCCO2)CC1.Cl. The number of hydrogen-bond acceptors (Lipinski definition) is 4. The van der Waals surface area contributed by atoms with Crippen molar-refractivity contribution < 1.29 is 14.3 Å². The number of amides is 3. The van der Waals surface area contributed by atoms with Gasteiger partial charge in [-0.15, -0.1) is 12.4 Å². The Bertz CT molecular complexity index is 365. The van der Waals surface area contributed by atoms with Crippen molar-refractivity contribution in [1.29, 1.82) is 0 Å². The van der Waals surface area contributed by atoms with E-state index in [1.165, 1.54) is 0 Å². The predicted octanol–water partition coefficient (Wildman–Crippen LogP) is 0.00260. The fourth-order valence-corrected chi connectivity index (χ4v) is 2.74. The molecule has 128 valence electrons. The number of nitrogens with one attached hydrogen (secondary N) is 1. The van der Waals surface area contributed by atoms with Crippen LogP contribution < -0.4 is 5.32 Å². The Labute approximate surface area is 138 Å². The second-order valence-corrected chi connectivity index (χ2v) is 5.33. The molecule has 1 N–H and O–H groups in total. The third kappa shape index (κ3) is 4.47. The molecule has 0 saturated carbocycles. The first-order valence-corrected chi connectivity index (χ1v) is 7.82. The van der Waals surface area contributed by atoms with Gasteiger partial charge in [0.2, 0.25) is 0 Å². The van der Waals surface area contributed by atoms with Crippen LogP contribution in [0.25, 0.3) is 0 Å². The summed E-state index contributed by atoms with van der Waals surface area (Å²) in [5, 5.41) is 3.17. The molecule has 2 aliphatic heterocycles. The van der Waals surface area contributed by atoms with Crippen molar-refractivity contribution in [1.82, 2.24) is 20.0 Å². The molecule has 2 aliphatic rings. The average molecular weight is 335 g/mol. The van der Waals surface area contributed by atoms with Gasteiger partial charge in [-0.05, 0) is 13.8 Å². The van der Waals surface area contributed by atoms with Crippen molar-refractivity contribution in [2.75, 3.05) is 59.0 Å². The van der Waals surface area contributed by atoms with Gasteiger partial charge in [0.15, 0.2) is 0 Å². The maximum Gasteiger partial charge on any atom is 0.320 e. The molecule has 0 aromatic carbocycles. The number of piperazine rings is 1. The average Bonchev–Trinajstić information content (AvgIpc) is 2.56. The van der Waals surface area contributed by atoms with Gasteiger partial charge in [0.25, 0.3) is 5.91 Å². The van der Waals surface area contributed by atoms with E-state index in [0.29, 0.717) is 39.3 Å². The van der Waals surface area contributed by atoms with E-state index in [9.17, 15) is 9.59 Å². The van der Waals surface area contributed by atoms with Crippen LogP contribution in [0.4, 0.5) is 4.79 Å². The van der Waals surface area contributed by atoms with E-state index >= 15 is 0 Å². The highest BCUT2D eigenvalue weighted by atomic mass is 35.5. The minimum atomic E-state index is -0.371. The summed E-state index contributed by atoms with van der Waals surface area (Å²) in [5.74, 6) is 0.0390. The molecule has 22 heavy (non-hydrogen) atoms. The van der Waals surface area contributed by atoms with Crippen molar-refractivity contribution in [2.24, 2.45) is 0 Å². The first kappa shape index (κ1) is 19.0. The lowest BCUT2D eigenvalue weighted by atomic mass is 10.2. The molecular formula is C14H27ClN4O3. The Hall–Kier alpha value is -1.05. The number of carbonyl (C=O) groups excluding carboxylic acids is 2. The third-order valence-corrected chi connectivity index (χ3v) is 4.10. The van der Waals surface area contributed by atoms with Crippen LogP contribution in [0, 0.1) is 0 Å². The van der Waals surface area contributed by atoms with E-state index in [4.69, 9.17) is 4.74 Å². The van der Waals surface area contributed by atoms with E-state index in [-0.39, 0.29) is 30.4 Å². The van der Waals surface area contributed by atoms with Crippen molar-refractivity contribution in [3.63, 3.8) is 0 Å². The maximum atomic E-state index is 12.3. The van der Waals surface area contributed by atoms with Gasteiger partial charge < -0.3 is 24.8 Å². The van der Waals surface area contributed by atoms with Gasteiger partial charge in [-0.1, -0.05) is 0 Å². The monoisotopic (exact) mass is 334 g/mol. The molecule has 0 aromatic heterocycles. The molecule has 0 spiro atoms. The Morgan fingerprint density at radius 2 is 1.73 bits per heavy atom. The second-order valence-electron chi connectivity index (χ2n) is 5.33. The molecule has 1 atom stereocenters. The van der Waals surface area contributed by atoms with Crippen LogP contribution in [-0.2, 0) is 9.53 Å². The summed E-state index contributed by atoms with van der Waals surface area (Å²) in [5.41, 5.74) is 0. The largest absolute Gasteiger partial charge is 0.366 e. The van der Waals surface area contributed by atoms with Crippen molar-refractivity contribution in [3.05, 3.63) is 0 Å². The van der Waals surface area contributed by atoms with Gasteiger partial charge in [-0.2, -0.15) is 0 Å². The van der Waals surface area contributed by atoms with Crippen LogP contribution in [0.2, 0.25) is 0 Å². The molecule has 0 radical (unpaired) electrons. The molecule has 2 heterocycles. The predicted molar refractivity (Wildman–Crippen MR) is 86.3 cm³/mol. The number of hydrogen-bond donors (Lipinski definition) is 1. The van der Waals surface area contributed by atoms with E-state index in [0.717, 1.165) is 19.6 Å². The first-order valence-electron chi connectivity index (χ1n) is 7.82. The smallest absolute Gasteiger partial charge is 0.320 e. The molecule has 0 aromatic rings. The molecule has 2 saturated heterocycles. The van der Waals surface area contributed by atoms with Crippen molar-refractivity contribution in [2.45, 2.75) is 20.0 Å². The Morgan fingerprint density at radius 3 is 2.23 bits per heavy atom. The Balaban J connectivity index is 0.00000242. The fraction of sp³-hybridized carbons (Fsp3) is 0.857. The van der Waals surface area contributed by atoms with Gasteiger partial charge in [0.1, 0.15) is 6.10 Å². The second kappa shape index (κ2) is 9.17. The summed E-state index contributed by atoms with van der Waals surface area (Å²) in [7, 11) is 0. The number of carbonyl (C=O) groups is 2. The molecule has 8 heteroatoms. The van der Waals surface area contributed by atoms with Gasteiger partial charge >= 0.3 is 6.03 Å². The molecule has 3 amide bonds. The zero-order valence-corrected chi connectivity index (χ0v) is 14.2. The molecule has 0 bridgehead atoms. The Kier molecular flexibility index (Phi) is 7.92. The topological polar surface area (TPSA) is 65.1 Å². The first-order chi connectivity index (χ1) is 10.2. The summed E-state index contributed by atoms with van der Waals surface area (Å²) in [6.45, 7) is 9.74. The van der Waals surface area contributed by atoms with Gasteiger partial charge in [0, 0.05) is 52.4 Å². The normalized spacial score (nSPS) is 22.0. The Morgan fingerprint density at radius 1 is 1.14 bits per heavy atom. The molecule has 1 unspecified atom stereocenters. The van der Waals surface area contributed by atoms with Crippen molar-refractivity contribution >= 4 is 24.3 Å². The van der Waals surface area contributed by atoms with E-state index < -0.39 is 0 Å². The molecule has 2 rings (SSSR count). The highest BCUT2D eigenvalue weighted by Crippen LogP contribution is 2.09. The summed E-state index contributed by atoms with van der Waals surface area (Å²) in [6, 6.07) is 0.0719. The number of nitrogens with zero attached hydrogens (tertiary/aromatic N) is 3. The zero-order valence-electron chi connectivity index (χ0n) is 13.4. The lowest BCUT2D eigenvalue weighted by Crippen LogP contribution is -2.57. The molecule has 7 nitrogen and oxygen atoms in total. The zero-order chi connectivity index (χ0) is 15.2. The number of morpholine rings is 1. The number of urea groups is 1. The minimum Gasteiger partial charge on any atom is -0.366 e. The van der Waals surface area contributed by atoms with E-state index in [1.54, 1.807) is 0 Å². The maximum absolute atomic E-state index is 12.3.